The first-order valence-electron chi connectivity index (χ1n) is 3.34. The van der Waals surface area contributed by atoms with Crippen molar-refractivity contribution >= 4 is 0 Å². The molecule has 0 saturated heterocycles. The fraction of sp³-hybridized carbons (Fsp3) is 0.200. The molecule has 0 nitrogen and oxygen atoms in total. The molecule has 0 bridgehead atoms. The number of hydrogen-bond acceptors (Lipinski definition) is 0. The first-order valence-corrected chi connectivity index (χ1v) is 3.34. The largest absolute Gasteiger partial charge is 0.115 e. The predicted molar refractivity (Wildman–Crippen MR) is 42.6 cm³/mol. The van der Waals surface area contributed by atoms with Crippen molar-refractivity contribution in [3.05, 3.63) is 35.4 Å². The summed E-state index contributed by atoms with van der Waals surface area (Å²) in [7, 11) is 0. The van der Waals surface area contributed by atoms with Gasteiger partial charge >= 0.3 is 0 Å². The Morgan fingerprint density at radius 3 is 3.00 bits per heavy atom. The van der Waals surface area contributed by atoms with E-state index in [0.29, 0.717) is 0 Å². The van der Waals surface area contributed by atoms with Gasteiger partial charge in [-0.15, -0.1) is 6.42 Å². The van der Waals surface area contributed by atoms with Crippen LogP contribution in [0.25, 0.3) is 0 Å². The first kappa shape index (κ1) is 6.89. The van der Waals surface area contributed by atoms with E-state index in [0.717, 1.165) is 12.0 Å². The molecular weight excluding hydrogens is 120 g/mol. The van der Waals surface area contributed by atoms with E-state index in [1.165, 1.54) is 5.56 Å². The van der Waals surface area contributed by atoms with Gasteiger partial charge in [-0.25, -0.2) is 0 Å². The van der Waals surface area contributed by atoms with Crippen molar-refractivity contribution in [3.63, 3.8) is 0 Å². The SMILES string of the molecule is C#Cc1c[c]ccc1CC. The van der Waals surface area contributed by atoms with Crippen LogP contribution in [0, 0.1) is 18.4 Å². The molecule has 1 rings (SSSR count). The Bertz CT molecular complexity index is 253. The van der Waals surface area contributed by atoms with Crippen molar-refractivity contribution in [2.75, 3.05) is 0 Å². The fourth-order valence-electron chi connectivity index (χ4n) is 0.905. The van der Waals surface area contributed by atoms with Gasteiger partial charge in [0.05, 0.1) is 0 Å². The number of aryl methyl sites for hydroxylation is 1. The second-order valence-electron chi connectivity index (χ2n) is 2.08. The second-order valence-corrected chi connectivity index (χ2v) is 2.08. The summed E-state index contributed by atoms with van der Waals surface area (Å²) in [6.07, 6.45) is 6.25. The summed E-state index contributed by atoms with van der Waals surface area (Å²) >= 11 is 0. The molecule has 0 heteroatoms. The predicted octanol–water partition coefficient (Wildman–Crippen LogP) is 2.03. The molecule has 0 heterocycles. The van der Waals surface area contributed by atoms with E-state index < -0.39 is 0 Å². The van der Waals surface area contributed by atoms with Gasteiger partial charge in [0.2, 0.25) is 0 Å². The van der Waals surface area contributed by atoms with Gasteiger partial charge in [0.25, 0.3) is 0 Å². The van der Waals surface area contributed by atoms with Crippen LogP contribution in [0.2, 0.25) is 0 Å². The molecule has 49 valence electrons. The van der Waals surface area contributed by atoms with E-state index in [1.807, 2.05) is 18.2 Å². The van der Waals surface area contributed by atoms with Gasteiger partial charge < -0.3 is 0 Å². The van der Waals surface area contributed by atoms with Crippen LogP contribution in [0.1, 0.15) is 18.1 Å². The van der Waals surface area contributed by atoms with Crippen molar-refractivity contribution in [2.24, 2.45) is 0 Å². The maximum Gasteiger partial charge on any atom is 0.0280 e. The van der Waals surface area contributed by atoms with Gasteiger partial charge in [0.1, 0.15) is 0 Å². The van der Waals surface area contributed by atoms with Crippen molar-refractivity contribution in [2.45, 2.75) is 13.3 Å². The zero-order valence-corrected chi connectivity index (χ0v) is 6.02. The molecule has 0 amide bonds. The Morgan fingerprint density at radius 2 is 2.50 bits per heavy atom. The zero-order valence-electron chi connectivity index (χ0n) is 6.02. The highest BCUT2D eigenvalue weighted by Crippen LogP contribution is 2.06. The van der Waals surface area contributed by atoms with Crippen LogP contribution in [0.4, 0.5) is 0 Å². The van der Waals surface area contributed by atoms with Gasteiger partial charge in [0.15, 0.2) is 0 Å². The maximum atomic E-state index is 5.26. The molecule has 1 aromatic carbocycles. The van der Waals surface area contributed by atoms with Gasteiger partial charge in [-0.1, -0.05) is 25.0 Å². The average Bonchev–Trinajstić information content (AvgIpc) is 2.04. The van der Waals surface area contributed by atoms with Crippen LogP contribution in [0.15, 0.2) is 18.2 Å². The molecule has 0 fully saturated rings. The minimum atomic E-state index is 0.963. The number of rotatable bonds is 1. The van der Waals surface area contributed by atoms with Crippen molar-refractivity contribution in [1.82, 2.24) is 0 Å². The van der Waals surface area contributed by atoms with E-state index in [2.05, 4.69) is 18.9 Å². The summed E-state index contributed by atoms with van der Waals surface area (Å²) in [5.74, 6) is 2.62. The minimum Gasteiger partial charge on any atom is -0.115 e. The molecule has 1 radical (unpaired) electrons. The summed E-state index contributed by atoms with van der Waals surface area (Å²) in [4.78, 5) is 0. The van der Waals surface area contributed by atoms with Crippen LogP contribution in [-0.2, 0) is 6.42 Å². The van der Waals surface area contributed by atoms with E-state index in [4.69, 9.17) is 6.42 Å². The molecule has 0 unspecified atom stereocenters. The minimum absolute atomic E-state index is 0.963. The lowest BCUT2D eigenvalue weighted by atomic mass is 10.1. The van der Waals surface area contributed by atoms with Crippen LogP contribution < -0.4 is 0 Å². The number of benzene rings is 1. The number of hydrogen-bond donors (Lipinski definition) is 0. The second kappa shape index (κ2) is 3.08. The third-order valence-corrected chi connectivity index (χ3v) is 1.49. The summed E-state index contributed by atoms with van der Waals surface area (Å²) in [5, 5.41) is 0. The normalized spacial score (nSPS) is 8.80. The van der Waals surface area contributed by atoms with Gasteiger partial charge in [-0.3, -0.25) is 0 Å². The highest BCUT2D eigenvalue weighted by Gasteiger charge is 1.92. The lowest BCUT2D eigenvalue weighted by Gasteiger charge is -1.97. The summed E-state index contributed by atoms with van der Waals surface area (Å²) < 4.78 is 0. The summed E-state index contributed by atoms with van der Waals surface area (Å²) in [6.45, 7) is 2.09. The first-order chi connectivity index (χ1) is 4.88. The Morgan fingerprint density at radius 1 is 1.70 bits per heavy atom. The Kier molecular flexibility index (Phi) is 2.12. The Balaban J connectivity index is 3.12. The molecular formula is C10H9. The quantitative estimate of drug-likeness (QED) is 0.509. The smallest absolute Gasteiger partial charge is 0.0280 e. The Hall–Kier alpha value is -1.22. The molecule has 10 heavy (non-hydrogen) atoms. The lowest BCUT2D eigenvalue weighted by molar-refractivity contribution is 1.13. The van der Waals surface area contributed by atoms with Crippen LogP contribution in [0.5, 0.6) is 0 Å². The van der Waals surface area contributed by atoms with Crippen LogP contribution in [0.3, 0.4) is 0 Å². The molecule has 0 saturated carbocycles. The lowest BCUT2D eigenvalue weighted by Crippen LogP contribution is -1.84. The van der Waals surface area contributed by atoms with Crippen LogP contribution >= 0.6 is 0 Å². The van der Waals surface area contributed by atoms with E-state index in [1.54, 1.807) is 0 Å². The van der Waals surface area contributed by atoms with E-state index in [9.17, 15) is 0 Å². The molecule has 0 aromatic heterocycles. The summed E-state index contributed by atoms with van der Waals surface area (Å²) in [6, 6.07) is 8.69. The maximum absolute atomic E-state index is 5.26. The standard InChI is InChI=1S/C10H9/c1-3-9-7-5-6-8-10(9)4-2/h1,6-8H,4H2,2H3. The third kappa shape index (κ3) is 1.19. The van der Waals surface area contributed by atoms with Crippen molar-refractivity contribution < 1.29 is 0 Å². The third-order valence-electron chi connectivity index (χ3n) is 1.49. The summed E-state index contributed by atoms with van der Waals surface area (Å²) in [5.41, 5.74) is 2.19. The monoisotopic (exact) mass is 129 g/mol. The van der Waals surface area contributed by atoms with E-state index in [-0.39, 0.29) is 0 Å². The van der Waals surface area contributed by atoms with E-state index >= 15 is 0 Å². The molecule has 0 aliphatic heterocycles. The highest BCUT2D eigenvalue weighted by molar-refractivity contribution is 5.39. The van der Waals surface area contributed by atoms with Crippen molar-refractivity contribution in [3.8, 4) is 12.3 Å². The molecule has 0 aliphatic carbocycles. The average molecular weight is 129 g/mol. The van der Waals surface area contributed by atoms with Gasteiger partial charge in [0, 0.05) is 5.56 Å². The molecule has 0 aliphatic rings. The van der Waals surface area contributed by atoms with Gasteiger partial charge in [-0.2, -0.15) is 0 Å². The molecule has 1 aromatic rings. The highest BCUT2D eigenvalue weighted by atomic mass is 14.0. The van der Waals surface area contributed by atoms with Gasteiger partial charge in [-0.05, 0) is 24.1 Å². The molecule has 0 spiro atoms. The molecule has 0 N–H and O–H groups in total. The Labute approximate surface area is 61.9 Å². The van der Waals surface area contributed by atoms with Crippen molar-refractivity contribution in [1.29, 1.82) is 0 Å². The zero-order chi connectivity index (χ0) is 7.40. The van der Waals surface area contributed by atoms with Crippen LogP contribution in [-0.4, -0.2) is 0 Å². The number of terminal acetylenes is 1. The topological polar surface area (TPSA) is 0 Å². The molecule has 0 atom stereocenters. The fourth-order valence-corrected chi connectivity index (χ4v) is 0.905.